The summed E-state index contributed by atoms with van der Waals surface area (Å²) in [5, 5.41) is 21.8. The van der Waals surface area contributed by atoms with E-state index in [9.17, 15) is 19.5 Å². The number of carbonyl (C=O) groups is 3. The molecular formula is C31H39N7O4. The minimum atomic E-state index is -0.753. The number of aliphatic hydroxyl groups is 1. The standard InChI is InChI=1S/C31H39N7O4/c32-15-29(40)36-23-13-27(35-17-23)31(42)38-19-24(33-18-25(39)11-10-20-6-2-1-3-7-20)14-28(38)30(41)37-22-12-21-8-4-5-9-26(21)34-16-22/h1-9,12,16,23-25,27-28,33,35,39H,10-11,13-15,17-19,32H2,(H,36,40)(H,37,41)/t23-,24-,25-,27+,28+/m1/s1/i/hD. The summed E-state index contributed by atoms with van der Waals surface area (Å²) in [4.78, 5) is 45.3. The zero-order valence-electron chi connectivity index (χ0n) is 24.5. The van der Waals surface area contributed by atoms with Crippen LogP contribution in [0.1, 0.15) is 24.8 Å². The molecule has 5 rings (SSSR count). The summed E-state index contributed by atoms with van der Waals surface area (Å²) >= 11 is 0. The molecule has 2 fully saturated rings. The minimum absolute atomic E-state index is 0.204. The van der Waals surface area contributed by atoms with E-state index in [1.54, 1.807) is 11.1 Å². The molecule has 0 bridgehead atoms. The van der Waals surface area contributed by atoms with E-state index in [0.717, 1.165) is 28.2 Å². The summed E-state index contributed by atoms with van der Waals surface area (Å²) in [7, 11) is 0. The third kappa shape index (κ3) is 7.48. The minimum Gasteiger partial charge on any atom is -0.392 e. The Hall–Kier alpha value is -3.90. The van der Waals surface area contributed by atoms with Crippen molar-refractivity contribution in [3.63, 3.8) is 0 Å². The van der Waals surface area contributed by atoms with Gasteiger partial charge in [0.25, 0.3) is 0 Å². The van der Waals surface area contributed by atoms with Crippen LogP contribution in [-0.4, -0.2) is 89.2 Å². The molecule has 0 spiro atoms. The fourth-order valence-corrected chi connectivity index (χ4v) is 5.68. The van der Waals surface area contributed by atoms with Crippen LogP contribution in [0.4, 0.5) is 5.69 Å². The number of nitrogens with two attached hydrogens (primary N) is 1. The van der Waals surface area contributed by atoms with E-state index in [4.69, 9.17) is 7.15 Å². The van der Waals surface area contributed by atoms with Gasteiger partial charge in [0.1, 0.15) is 6.04 Å². The summed E-state index contributed by atoms with van der Waals surface area (Å²) in [6, 6.07) is 17.3. The zero-order chi connectivity index (χ0) is 30.3. The number of likely N-dealkylation sites (tertiary alicyclic amines) is 1. The van der Waals surface area contributed by atoms with Crippen molar-refractivity contribution in [3.8, 4) is 0 Å². The van der Waals surface area contributed by atoms with E-state index in [2.05, 4.69) is 20.9 Å². The second kappa shape index (κ2) is 13.8. The van der Waals surface area contributed by atoms with Gasteiger partial charge in [-0.15, -0.1) is 0 Å². The summed E-state index contributed by atoms with van der Waals surface area (Å²) < 4.78 is 8.06. The third-order valence-corrected chi connectivity index (χ3v) is 7.90. The van der Waals surface area contributed by atoms with E-state index in [0.29, 0.717) is 25.1 Å². The number of nitrogens with zero attached hydrogens (tertiary/aromatic N) is 2. The molecule has 42 heavy (non-hydrogen) atoms. The van der Waals surface area contributed by atoms with E-state index < -0.39 is 30.1 Å². The lowest BCUT2D eigenvalue weighted by Crippen LogP contribution is -2.50. The fraction of sp³-hybridized carbons (Fsp3) is 0.419. The normalized spacial score (nSPS) is 23.0. The average molecular weight is 575 g/mol. The van der Waals surface area contributed by atoms with Crippen molar-refractivity contribution in [2.45, 2.75) is 56.0 Å². The van der Waals surface area contributed by atoms with Crippen LogP contribution >= 0.6 is 0 Å². The number of hydrogen-bond donors (Lipinski definition) is 6. The predicted molar refractivity (Wildman–Crippen MR) is 160 cm³/mol. The lowest BCUT2D eigenvalue weighted by Gasteiger charge is -2.26. The van der Waals surface area contributed by atoms with Crippen LogP contribution in [0, 0.1) is 0 Å². The van der Waals surface area contributed by atoms with Crippen molar-refractivity contribution in [3.05, 3.63) is 72.4 Å². The number of carbonyl (C=O) groups excluding carboxylic acids is 3. The summed E-state index contributed by atoms with van der Waals surface area (Å²) in [6.45, 7) is 0.629. The largest absolute Gasteiger partial charge is 0.392 e. The van der Waals surface area contributed by atoms with E-state index in [1.807, 2.05) is 60.7 Å². The maximum atomic E-state index is 13.7. The molecule has 2 saturated heterocycles. The number of pyridine rings is 1. The summed E-state index contributed by atoms with van der Waals surface area (Å²) in [5.74, 6) is -1.10. The highest BCUT2D eigenvalue weighted by Crippen LogP contribution is 2.24. The number of hydrogen-bond acceptors (Lipinski definition) is 8. The molecular weight excluding hydrogens is 534 g/mol. The van der Waals surface area contributed by atoms with E-state index in [1.165, 1.54) is 0 Å². The lowest BCUT2D eigenvalue weighted by atomic mass is 10.1. The van der Waals surface area contributed by atoms with Gasteiger partial charge in [-0.05, 0) is 43.4 Å². The molecule has 222 valence electrons. The first kappa shape index (κ1) is 28.2. The smallest absolute Gasteiger partial charge is 0.247 e. The Morgan fingerprint density at radius 2 is 1.90 bits per heavy atom. The van der Waals surface area contributed by atoms with E-state index in [-0.39, 0.29) is 43.9 Å². The maximum Gasteiger partial charge on any atom is 0.247 e. The molecule has 7 N–H and O–H groups in total. The number of aliphatic hydroxyl groups excluding tert-OH is 1. The number of rotatable bonds is 11. The Labute approximate surface area is 246 Å². The number of aromatic nitrogens is 1. The van der Waals surface area contributed by atoms with Gasteiger partial charge in [-0.1, -0.05) is 48.5 Å². The molecule has 0 aliphatic carbocycles. The number of nitrogens with one attached hydrogen (secondary N) is 4. The lowest BCUT2D eigenvalue weighted by molar-refractivity contribution is -0.138. The number of para-hydroxylation sites is 1. The molecule has 3 heterocycles. The Balaban J connectivity index is 1.25. The fourth-order valence-electron chi connectivity index (χ4n) is 5.68. The van der Waals surface area contributed by atoms with Crippen LogP contribution < -0.4 is 27.0 Å². The highest BCUT2D eigenvalue weighted by atomic mass is 16.3. The number of anilines is 1. The molecule has 0 saturated carbocycles. The first-order chi connectivity index (χ1) is 20.8. The van der Waals surface area contributed by atoms with Crippen LogP contribution in [0.2, 0.25) is 1.41 Å². The van der Waals surface area contributed by atoms with Crippen LogP contribution in [0.3, 0.4) is 0 Å². The van der Waals surface area contributed by atoms with Crippen molar-refractivity contribution in [1.29, 1.82) is 0 Å². The molecule has 11 nitrogen and oxygen atoms in total. The molecule has 2 aromatic carbocycles. The monoisotopic (exact) mass is 574 g/mol. The van der Waals surface area contributed by atoms with Gasteiger partial charge in [0.05, 0.1) is 36.1 Å². The quantitative estimate of drug-likeness (QED) is 0.193. The van der Waals surface area contributed by atoms with Gasteiger partial charge in [-0.2, -0.15) is 0 Å². The van der Waals surface area contributed by atoms with Crippen molar-refractivity contribution in [2.24, 2.45) is 5.73 Å². The van der Waals surface area contributed by atoms with Crippen molar-refractivity contribution in [1.82, 2.24) is 25.8 Å². The molecule has 3 aromatic rings. The number of benzene rings is 2. The van der Waals surface area contributed by atoms with Gasteiger partial charge in [-0.3, -0.25) is 19.4 Å². The van der Waals surface area contributed by atoms with Crippen LogP contribution in [0.5, 0.6) is 0 Å². The SMILES string of the molecule is [2H]N(C(=O)CN)[C@H]1CN[C@H](C(=O)N2C[C@H](NC[C@H](O)CCc3ccccc3)C[C@H]2C(=O)Nc2cnc3ccccc3c2)C1. The summed E-state index contributed by atoms with van der Waals surface area (Å²) in [6.07, 6.45) is 2.98. The van der Waals surface area contributed by atoms with Crippen LogP contribution in [0.25, 0.3) is 10.9 Å². The number of aryl methyl sites for hydroxylation is 1. The Bertz CT molecular complexity index is 1430. The molecule has 2 aliphatic rings. The molecule has 3 amide bonds. The first-order valence-corrected chi connectivity index (χ1v) is 14.5. The highest BCUT2D eigenvalue weighted by Gasteiger charge is 2.43. The van der Waals surface area contributed by atoms with Crippen LogP contribution in [0.15, 0.2) is 66.9 Å². The molecule has 1 aromatic heterocycles. The number of fused-ring (bicyclic) bond motifs is 1. The van der Waals surface area contributed by atoms with Gasteiger partial charge in [0.2, 0.25) is 17.7 Å². The van der Waals surface area contributed by atoms with Gasteiger partial charge in [0.15, 0.2) is 1.41 Å². The summed E-state index contributed by atoms with van der Waals surface area (Å²) in [5.41, 5.74) is 7.91. The molecule has 5 atom stereocenters. The van der Waals surface area contributed by atoms with Gasteiger partial charge < -0.3 is 37.0 Å². The maximum absolute atomic E-state index is 13.7. The second-order valence-electron chi connectivity index (χ2n) is 11.0. The first-order valence-electron chi connectivity index (χ1n) is 14.9. The Morgan fingerprint density at radius 1 is 1.12 bits per heavy atom. The second-order valence-corrected chi connectivity index (χ2v) is 11.0. The van der Waals surface area contributed by atoms with Gasteiger partial charge in [0, 0.05) is 37.1 Å². The average Bonchev–Trinajstić information content (AvgIpc) is 3.70. The molecule has 0 unspecified atom stereocenters. The number of amides is 3. The topological polar surface area (TPSA) is 162 Å². The Morgan fingerprint density at radius 3 is 2.71 bits per heavy atom. The Kier molecular flexibility index (Phi) is 9.30. The molecule has 2 aliphatic heterocycles. The van der Waals surface area contributed by atoms with Gasteiger partial charge >= 0.3 is 0 Å². The molecule has 11 heteroatoms. The zero-order valence-corrected chi connectivity index (χ0v) is 23.5. The van der Waals surface area contributed by atoms with Crippen molar-refractivity contribution >= 4 is 34.3 Å². The molecule has 0 radical (unpaired) electrons. The third-order valence-electron chi connectivity index (χ3n) is 7.90. The van der Waals surface area contributed by atoms with E-state index >= 15 is 0 Å². The highest BCUT2D eigenvalue weighted by molar-refractivity contribution is 5.99. The predicted octanol–water partition coefficient (Wildman–Crippen LogP) is 0.532. The van der Waals surface area contributed by atoms with Gasteiger partial charge in [-0.25, -0.2) is 0 Å². The van der Waals surface area contributed by atoms with Crippen molar-refractivity contribution < 1.29 is 20.9 Å². The van der Waals surface area contributed by atoms with Crippen LogP contribution in [-0.2, 0) is 20.8 Å². The van der Waals surface area contributed by atoms with Crippen molar-refractivity contribution in [2.75, 3.05) is 31.5 Å².